The monoisotopic (exact) mass is 235 g/mol. The summed E-state index contributed by atoms with van der Waals surface area (Å²) in [5.74, 6) is 0.867. The zero-order valence-electron chi connectivity index (χ0n) is 11.1. The first kappa shape index (κ1) is 15.7. The Morgan fingerprint density at radius 2 is 1.71 bits per heavy atom. The number of amides is 1. The van der Waals surface area contributed by atoms with Crippen LogP contribution in [0.5, 0.6) is 0 Å². The number of hydrogen-bond donors (Lipinski definition) is 1. The van der Waals surface area contributed by atoms with Gasteiger partial charge in [-0.3, -0.25) is 4.79 Å². The van der Waals surface area contributed by atoms with Crippen LogP contribution in [-0.4, -0.2) is 6.41 Å². The summed E-state index contributed by atoms with van der Waals surface area (Å²) in [6.07, 6.45) is 7.00. The number of hydrogen-bond acceptors (Lipinski definition) is 1. The Bertz CT molecular complexity index is 270. The van der Waals surface area contributed by atoms with E-state index in [0.29, 0.717) is 0 Å². The van der Waals surface area contributed by atoms with Gasteiger partial charge in [0, 0.05) is 0 Å². The number of primary amides is 1. The molecule has 0 bridgehead atoms. The van der Waals surface area contributed by atoms with Crippen molar-refractivity contribution in [2.75, 3.05) is 0 Å². The first-order chi connectivity index (χ1) is 8.20. The predicted octanol–water partition coefficient (Wildman–Crippen LogP) is 3.55. The van der Waals surface area contributed by atoms with Gasteiger partial charge >= 0.3 is 0 Å². The van der Waals surface area contributed by atoms with Gasteiger partial charge in [0.15, 0.2) is 0 Å². The van der Waals surface area contributed by atoms with Crippen LogP contribution in [0.2, 0.25) is 0 Å². The number of unbranched alkanes of at least 4 members (excludes halogenated alkanes) is 2. The van der Waals surface area contributed by atoms with Gasteiger partial charge in [-0.2, -0.15) is 0 Å². The minimum absolute atomic E-state index is 0.250. The molecule has 2 nitrogen and oxygen atoms in total. The molecular weight excluding hydrogens is 210 g/mol. The Morgan fingerprint density at radius 3 is 2.24 bits per heavy atom. The highest BCUT2D eigenvalue weighted by Crippen LogP contribution is 2.10. The van der Waals surface area contributed by atoms with Crippen LogP contribution in [0.15, 0.2) is 30.3 Å². The topological polar surface area (TPSA) is 43.1 Å². The molecule has 0 unspecified atom stereocenters. The number of rotatable bonds is 6. The molecule has 0 aromatic heterocycles. The van der Waals surface area contributed by atoms with E-state index in [9.17, 15) is 0 Å². The molecule has 0 atom stereocenters. The molecule has 0 radical (unpaired) electrons. The lowest BCUT2D eigenvalue weighted by Crippen LogP contribution is -1.89. The summed E-state index contributed by atoms with van der Waals surface area (Å²) in [6, 6.07) is 10.8. The Morgan fingerprint density at radius 1 is 1.12 bits per heavy atom. The third kappa shape index (κ3) is 11.0. The Balaban J connectivity index is 0.000000770. The maximum absolute atomic E-state index is 8.58. The van der Waals surface area contributed by atoms with Crippen molar-refractivity contribution in [2.24, 2.45) is 11.7 Å². The molecule has 0 spiro atoms. The third-order valence-electron chi connectivity index (χ3n) is 2.59. The zero-order valence-corrected chi connectivity index (χ0v) is 11.1. The number of aryl methyl sites for hydroxylation is 1. The summed E-state index contributed by atoms with van der Waals surface area (Å²) in [5, 5.41) is 0. The van der Waals surface area contributed by atoms with Crippen molar-refractivity contribution in [1.29, 1.82) is 0 Å². The van der Waals surface area contributed by atoms with Crippen LogP contribution in [-0.2, 0) is 11.2 Å². The number of carbonyl (C=O) groups is 1. The standard InChI is InChI=1S/C14H22.CH3NO/c1-13(2)9-5-3-6-10-14-11-7-4-8-12-14;2-1-3/h4,7-8,11-13H,3,5-6,9-10H2,1-2H3;1H,(H2,2,3). The van der Waals surface area contributed by atoms with Crippen molar-refractivity contribution < 1.29 is 4.79 Å². The Hall–Kier alpha value is -1.31. The van der Waals surface area contributed by atoms with E-state index < -0.39 is 0 Å². The molecule has 1 amide bonds. The fourth-order valence-electron chi connectivity index (χ4n) is 1.70. The maximum Gasteiger partial charge on any atom is 0.204 e. The molecule has 0 saturated heterocycles. The molecule has 1 aromatic rings. The molecule has 0 aliphatic carbocycles. The lowest BCUT2D eigenvalue weighted by atomic mass is 10.0. The Labute approximate surface area is 105 Å². The molecule has 2 N–H and O–H groups in total. The summed E-state index contributed by atoms with van der Waals surface area (Å²) in [7, 11) is 0. The highest BCUT2D eigenvalue weighted by molar-refractivity contribution is 5.42. The van der Waals surface area contributed by atoms with Gasteiger partial charge in [0.1, 0.15) is 0 Å². The van der Waals surface area contributed by atoms with Crippen molar-refractivity contribution in [3.63, 3.8) is 0 Å². The van der Waals surface area contributed by atoms with Crippen LogP contribution in [0, 0.1) is 5.92 Å². The van der Waals surface area contributed by atoms with Crippen molar-refractivity contribution in [3.8, 4) is 0 Å². The summed E-state index contributed by atoms with van der Waals surface area (Å²) < 4.78 is 0. The second kappa shape index (κ2) is 11.2. The highest BCUT2D eigenvalue weighted by Gasteiger charge is 1.95. The quantitative estimate of drug-likeness (QED) is 0.594. The normalized spacial score (nSPS) is 9.59. The van der Waals surface area contributed by atoms with Gasteiger partial charge < -0.3 is 5.73 Å². The molecule has 0 aliphatic rings. The fourth-order valence-corrected chi connectivity index (χ4v) is 1.70. The van der Waals surface area contributed by atoms with E-state index in [1.165, 1.54) is 37.7 Å². The second-order valence-corrected chi connectivity index (χ2v) is 4.61. The van der Waals surface area contributed by atoms with E-state index in [2.05, 4.69) is 49.9 Å². The first-order valence-electron chi connectivity index (χ1n) is 6.40. The van der Waals surface area contributed by atoms with E-state index in [-0.39, 0.29) is 6.41 Å². The van der Waals surface area contributed by atoms with E-state index in [4.69, 9.17) is 4.79 Å². The van der Waals surface area contributed by atoms with E-state index in [0.717, 1.165) is 5.92 Å². The summed E-state index contributed by atoms with van der Waals surface area (Å²) in [4.78, 5) is 8.58. The highest BCUT2D eigenvalue weighted by atomic mass is 16.1. The van der Waals surface area contributed by atoms with Gasteiger partial charge in [0.25, 0.3) is 0 Å². The first-order valence-corrected chi connectivity index (χ1v) is 6.40. The van der Waals surface area contributed by atoms with E-state index in [1.807, 2.05) is 0 Å². The lowest BCUT2D eigenvalue weighted by Gasteiger charge is -2.04. The minimum Gasteiger partial charge on any atom is -0.372 e. The van der Waals surface area contributed by atoms with Crippen LogP contribution in [0.3, 0.4) is 0 Å². The number of carbonyl (C=O) groups excluding carboxylic acids is 1. The average molecular weight is 235 g/mol. The molecule has 1 rings (SSSR count). The van der Waals surface area contributed by atoms with Gasteiger partial charge in [0.05, 0.1) is 0 Å². The summed E-state index contributed by atoms with van der Waals surface area (Å²) in [5.41, 5.74) is 5.65. The molecule has 0 fully saturated rings. The SMILES string of the molecule is CC(C)CCCCCc1ccccc1.NC=O. The van der Waals surface area contributed by atoms with Gasteiger partial charge in [-0.15, -0.1) is 0 Å². The molecule has 0 saturated carbocycles. The Kier molecular flexibility index (Phi) is 10.3. The molecule has 2 heteroatoms. The maximum atomic E-state index is 8.58. The zero-order chi connectivity index (χ0) is 12.9. The smallest absolute Gasteiger partial charge is 0.204 e. The predicted molar refractivity (Wildman–Crippen MR) is 73.7 cm³/mol. The van der Waals surface area contributed by atoms with Gasteiger partial charge in [-0.1, -0.05) is 63.4 Å². The molecular formula is C15H25NO. The summed E-state index contributed by atoms with van der Waals surface area (Å²) in [6.45, 7) is 4.61. The molecule has 17 heavy (non-hydrogen) atoms. The van der Waals surface area contributed by atoms with Gasteiger partial charge in [0.2, 0.25) is 6.41 Å². The van der Waals surface area contributed by atoms with E-state index >= 15 is 0 Å². The van der Waals surface area contributed by atoms with Crippen molar-refractivity contribution >= 4 is 6.41 Å². The van der Waals surface area contributed by atoms with E-state index in [1.54, 1.807) is 0 Å². The second-order valence-electron chi connectivity index (χ2n) is 4.61. The minimum atomic E-state index is 0.250. The molecule has 0 heterocycles. The average Bonchev–Trinajstić information content (AvgIpc) is 2.30. The van der Waals surface area contributed by atoms with Crippen LogP contribution in [0.25, 0.3) is 0 Å². The van der Waals surface area contributed by atoms with Crippen molar-refractivity contribution in [1.82, 2.24) is 0 Å². The van der Waals surface area contributed by atoms with Gasteiger partial charge in [-0.05, 0) is 24.3 Å². The van der Waals surface area contributed by atoms with Crippen molar-refractivity contribution in [3.05, 3.63) is 35.9 Å². The largest absolute Gasteiger partial charge is 0.372 e. The van der Waals surface area contributed by atoms with Crippen LogP contribution < -0.4 is 5.73 Å². The number of benzene rings is 1. The van der Waals surface area contributed by atoms with Crippen LogP contribution in [0.1, 0.15) is 45.1 Å². The van der Waals surface area contributed by atoms with Crippen LogP contribution in [0.4, 0.5) is 0 Å². The molecule has 0 aliphatic heterocycles. The fraction of sp³-hybridized carbons (Fsp3) is 0.533. The van der Waals surface area contributed by atoms with Gasteiger partial charge in [-0.25, -0.2) is 0 Å². The lowest BCUT2D eigenvalue weighted by molar-refractivity contribution is -0.106. The third-order valence-corrected chi connectivity index (χ3v) is 2.59. The molecule has 1 aromatic carbocycles. The van der Waals surface area contributed by atoms with Crippen LogP contribution >= 0.6 is 0 Å². The summed E-state index contributed by atoms with van der Waals surface area (Å²) >= 11 is 0. The molecule has 96 valence electrons. The van der Waals surface area contributed by atoms with Crippen molar-refractivity contribution in [2.45, 2.75) is 46.0 Å². The number of nitrogens with two attached hydrogens (primary N) is 1.